The molecule has 32 heavy (non-hydrogen) atoms. The van der Waals surface area contributed by atoms with E-state index >= 15 is 0 Å². The van der Waals surface area contributed by atoms with E-state index in [1.54, 1.807) is 0 Å². The number of nitrogens with zero attached hydrogens (tertiary/aromatic N) is 1. The summed E-state index contributed by atoms with van der Waals surface area (Å²) < 4.78 is 1.29. The van der Waals surface area contributed by atoms with E-state index in [-0.39, 0.29) is 0 Å². The maximum atomic E-state index is 2.60. The number of hydrogen-bond acceptors (Lipinski definition) is 0. The van der Waals surface area contributed by atoms with Crippen LogP contribution in [0.1, 0.15) is 168 Å². The van der Waals surface area contributed by atoms with Crippen molar-refractivity contribution < 1.29 is 4.48 Å². The zero-order chi connectivity index (χ0) is 23.5. The van der Waals surface area contributed by atoms with Crippen molar-refractivity contribution in [2.75, 3.05) is 20.6 Å². The Kier molecular flexibility index (Phi) is 17.2. The Bertz CT molecular complexity index is 401. The van der Waals surface area contributed by atoms with Crippen LogP contribution in [-0.4, -0.2) is 30.7 Å². The van der Waals surface area contributed by atoms with E-state index in [1.165, 1.54) is 159 Å². The fourth-order valence-corrected chi connectivity index (χ4v) is 7.06. The summed E-state index contributed by atoms with van der Waals surface area (Å²) in [4.78, 5) is 0. The molecule has 0 aliphatic heterocycles. The van der Waals surface area contributed by atoms with Crippen molar-refractivity contribution in [3.63, 3.8) is 0 Å². The normalized spacial score (nSPS) is 16.0. The van der Waals surface area contributed by atoms with Crippen LogP contribution in [0.25, 0.3) is 0 Å². The van der Waals surface area contributed by atoms with E-state index < -0.39 is 0 Å². The predicted molar refractivity (Wildman–Crippen MR) is 146 cm³/mol. The van der Waals surface area contributed by atoms with E-state index in [4.69, 9.17) is 0 Å². The van der Waals surface area contributed by atoms with Gasteiger partial charge in [0.15, 0.2) is 0 Å². The molecule has 0 radical (unpaired) electrons. The number of hydrogen-bond donors (Lipinski definition) is 0. The molecule has 0 unspecified atom stereocenters. The van der Waals surface area contributed by atoms with Crippen molar-refractivity contribution in [1.29, 1.82) is 0 Å². The smallest absolute Gasteiger partial charge is 0.102 e. The van der Waals surface area contributed by atoms with Gasteiger partial charge in [0, 0.05) is 18.8 Å². The first-order valence-electron chi connectivity index (χ1n) is 15.4. The Balaban J connectivity index is 2.25. The first kappa shape index (κ1) is 30.0. The number of unbranched alkanes of at least 4 members (excludes halogenated alkanes) is 13. The molecule has 1 fully saturated rings. The Morgan fingerprint density at radius 2 is 0.938 bits per heavy atom. The van der Waals surface area contributed by atoms with Crippen LogP contribution in [0.2, 0.25) is 0 Å². The molecule has 1 aliphatic rings. The second-order valence-electron chi connectivity index (χ2n) is 11.9. The molecule has 0 bridgehead atoms. The summed E-state index contributed by atoms with van der Waals surface area (Å²) in [5, 5.41) is 0. The molecule has 1 aliphatic carbocycles. The lowest BCUT2D eigenvalue weighted by Crippen LogP contribution is -2.64. The molecule has 0 saturated heterocycles. The standard InChI is InChI=1S/C31H64N/c1-6-9-10-11-12-13-14-15-16-17-18-19-20-24-29-32(4,5)31(27-7-2,28-8-3)30-25-22-21-23-26-30/h30H,6-29H2,1-5H3/q+1. The topological polar surface area (TPSA) is 0 Å². The summed E-state index contributed by atoms with van der Waals surface area (Å²) in [6.45, 7) is 8.57. The highest BCUT2D eigenvalue weighted by atomic mass is 15.4. The minimum atomic E-state index is 0.542. The molecule has 0 atom stereocenters. The van der Waals surface area contributed by atoms with Crippen LogP contribution in [0.4, 0.5) is 0 Å². The van der Waals surface area contributed by atoms with Gasteiger partial charge in [0.25, 0.3) is 0 Å². The molecule has 0 aromatic rings. The highest BCUT2D eigenvalue weighted by molar-refractivity contribution is 4.90. The van der Waals surface area contributed by atoms with Gasteiger partial charge in [-0.2, -0.15) is 0 Å². The molecule has 0 aromatic carbocycles. The third-order valence-electron chi connectivity index (χ3n) is 9.01. The Labute approximate surface area is 205 Å². The van der Waals surface area contributed by atoms with E-state index in [2.05, 4.69) is 34.9 Å². The van der Waals surface area contributed by atoms with E-state index in [9.17, 15) is 0 Å². The molecule has 0 spiro atoms. The van der Waals surface area contributed by atoms with Gasteiger partial charge in [-0.05, 0) is 25.7 Å². The van der Waals surface area contributed by atoms with E-state index in [0.29, 0.717) is 5.54 Å². The van der Waals surface area contributed by atoms with Crippen LogP contribution in [0.5, 0.6) is 0 Å². The van der Waals surface area contributed by atoms with Crippen molar-refractivity contribution in [1.82, 2.24) is 0 Å². The summed E-state index contributed by atoms with van der Waals surface area (Å²) in [6, 6.07) is 0. The molecule has 0 heterocycles. The first-order chi connectivity index (χ1) is 15.5. The van der Waals surface area contributed by atoms with Gasteiger partial charge in [0.1, 0.15) is 5.54 Å². The van der Waals surface area contributed by atoms with Gasteiger partial charge in [0.2, 0.25) is 0 Å². The SMILES string of the molecule is CCCCCCCCCCCCCCCC[N+](C)(C)C(CCC)(CCC)C1CCCCC1. The summed E-state index contributed by atoms with van der Waals surface area (Å²) in [6.07, 6.45) is 33.5. The summed E-state index contributed by atoms with van der Waals surface area (Å²) in [7, 11) is 5.20. The zero-order valence-corrected chi connectivity index (χ0v) is 23.5. The molecule has 1 heteroatoms. The van der Waals surface area contributed by atoms with Crippen LogP contribution in [0.3, 0.4) is 0 Å². The predicted octanol–water partition coefficient (Wildman–Crippen LogP) is 10.5. The third-order valence-corrected chi connectivity index (χ3v) is 9.01. The highest BCUT2D eigenvalue weighted by Gasteiger charge is 2.49. The second kappa shape index (κ2) is 18.3. The Morgan fingerprint density at radius 3 is 1.34 bits per heavy atom. The average Bonchev–Trinajstić information content (AvgIpc) is 2.79. The maximum absolute atomic E-state index is 2.60. The molecule has 1 saturated carbocycles. The van der Waals surface area contributed by atoms with Gasteiger partial charge in [0.05, 0.1) is 20.6 Å². The lowest BCUT2D eigenvalue weighted by Gasteiger charge is -2.54. The molecule has 0 amide bonds. The van der Waals surface area contributed by atoms with Gasteiger partial charge in [-0.1, -0.05) is 130 Å². The Morgan fingerprint density at radius 1 is 0.531 bits per heavy atom. The van der Waals surface area contributed by atoms with Gasteiger partial charge in [-0.3, -0.25) is 0 Å². The summed E-state index contributed by atoms with van der Waals surface area (Å²) in [5.74, 6) is 0.970. The van der Waals surface area contributed by atoms with Crippen LogP contribution in [0, 0.1) is 5.92 Å². The third kappa shape index (κ3) is 10.9. The van der Waals surface area contributed by atoms with E-state index in [0.717, 1.165) is 5.92 Å². The van der Waals surface area contributed by atoms with Crippen LogP contribution in [0.15, 0.2) is 0 Å². The van der Waals surface area contributed by atoms with Crippen LogP contribution in [-0.2, 0) is 0 Å². The average molecular weight is 451 g/mol. The second-order valence-corrected chi connectivity index (χ2v) is 11.9. The monoisotopic (exact) mass is 451 g/mol. The lowest BCUT2D eigenvalue weighted by atomic mass is 9.68. The van der Waals surface area contributed by atoms with Gasteiger partial charge in [-0.15, -0.1) is 0 Å². The number of rotatable bonds is 21. The largest absolute Gasteiger partial charge is 0.323 e. The summed E-state index contributed by atoms with van der Waals surface area (Å²) in [5.41, 5.74) is 0.542. The number of quaternary nitrogens is 1. The van der Waals surface area contributed by atoms with Crippen molar-refractivity contribution in [2.24, 2.45) is 5.92 Å². The van der Waals surface area contributed by atoms with Crippen molar-refractivity contribution >= 4 is 0 Å². The van der Waals surface area contributed by atoms with Crippen molar-refractivity contribution in [2.45, 2.75) is 174 Å². The van der Waals surface area contributed by atoms with Crippen LogP contribution >= 0.6 is 0 Å². The fraction of sp³-hybridized carbons (Fsp3) is 1.00. The van der Waals surface area contributed by atoms with Gasteiger partial charge in [-0.25, -0.2) is 0 Å². The zero-order valence-electron chi connectivity index (χ0n) is 23.5. The molecule has 192 valence electrons. The van der Waals surface area contributed by atoms with E-state index in [1.807, 2.05) is 0 Å². The van der Waals surface area contributed by atoms with Gasteiger partial charge < -0.3 is 4.48 Å². The van der Waals surface area contributed by atoms with Crippen LogP contribution < -0.4 is 0 Å². The van der Waals surface area contributed by atoms with Crippen molar-refractivity contribution in [3.8, 4) is 0 Å². The minimum absolute atomic E-state index is 0.542. The molecular formula is C31H64N+. The molecule has 0 aromatic heterocycles. The molecular weight excluding hydrogens is 386 g/mol. The van der Waals surface area contributed by atoms with Crippen molar-refractivity contribution in [3.05, 3.63) is 0 Å². The minimum Gasteiger partial charge on any atom is -0.323 e. The fourth-order valence-electron chi connectivity index (χ4n) is 7.06. The lowest BCUT2D eigenvalue weighted by molar-refractivity contribution is -0.948. The molecule has 1 nitrogen and oxygen atoms in total. The summed E-state index contributed by atoms with van der Waals surface area (Å²) >= 11 is 0. The maximum Gasteiger partial charge on any atom is 0.102 e. The first-order valence-corrected chi connectivity index (χ1v) is 15.4. The van der Waals surface area contributed by atoms with Gasteiger partial charge >= 0.3 is 0 Å². The quantitative estimate of drug-likeness (QED) is 0.120. The highest BCUT2D eigenvalue weighted by Crippen LogP contribution is 2.45. The Hall–Kier alpha value is -0.0400. The molecule has 0 N–H and O–H groups in total. The molecule has 1 rings (SSSR count).